The summed E-state index contributed by atoms with van der Waals surface area (Å²) in [6.45, 7) is 3.69. The van der Waals surface area contributed by atoms with Crippen LogP contribution in [0.2, 0.25) is 0 Å². The van der Waals surface area contributed by atoms with Gasteiger partial charge >= 0.3 is 5.97 Å². The Morgan fingerprint density at radius 1 is 1.29 bits per heavy atom. The van der Waals surface area contributed by atoms with Gasteiger partial charge in [-0.1, -0.05) is 0 Å². The van der Waals surface area contributed by atoms with Crippen LogP contribution in [0.1, 0.15) is 12.6 Å². The van der Waals surface area contributed by atoms with Crippen LogP contribution >= 0.6 is 0 Å². The highest BCUT2D eigenvalue weighted by Gasteiger charge is 2.27. The number of methoxy groups -OCH3 is 1. The number of carbonyl (C=O) groups is 2. The summed E-state index contributed by atoms with van der Waals surface area (Å²) < 4.78 is 37.9. The number of carbonyl (C=O) groups excluding carboxylic acids is 2. The van der Waals surface area contributed by atoms with Crippen LogP contribution in [0, 0.1) is 11.6 Å². The molecule has 1 N–H and O–H groups in total. The average molecular weight is 432 g/mol. The Kier molecular flexibility index (Phi) is 5.73. The summed E-state index contributed by atoms with van der Waals surface area (Å²) in [4.78, 5) is 31.8. The van der Waals surface area contributed by atoms with Crippen LogP contribution in [0.3, 0.4) is 0 Å². The number of benzene rings is 1. The number of pyridine rings is 1. The maximum atomic E-state index is 14.1. The van der Waals surface area contributed by atoms with Crippen LogP contribution in [-0.2, 0) is 16.0 Å². The molecule has 4 rings (SSSR count). The molecule has 2 aromatic rings. The summed E-state index contributed by atoms with van der Waals surface area (Å²) in [6.07, 6.45) is 1.62. The first-order chi connectivity index (χ1) is 14.8. The zero-order valence-corrected chi connectivity index (χ0v) is 17.2. The van der Waals surface area contributed by atoms with E-state index < -0.39 is 17.4 Å². The van der Waals surface area contributed by atoms with E-state index in [0.29, 0.717) is 42.5 Å². The van der Waals surface area contributed by atoms with Crippen molar-refractivity contribution in [1.82, 2.24) is 9.88 Å². The van der Waals surface area contributed by atoms with Crippen LogP contribution in [0.25, 0.3) is 0 Å². The second-order valence-corrected chi connectivity index (χ2v) is 7.59. The fraction of sp³-hybridized carbons (Fsp3) is 0.381. The highest BCUT2D eigenvalue weighted by molar-refractivity contribution is 5.92. The van der Waals surface area contributed by atoms with Gasteiger partial charge < -0.3 is 19.7 Å². The van der Waals surface area contributed by atoms with Gasteiger partial charge in [-0.25, -0.2) is 8.78 Å². The molecule has 1 aromatic heterocycles. The molecule has 8 nitrogen and oxygen atoms in total. The quantitative estimate of drug-likeness (QED) is 0.724. The summed E-state index contributed by atoms with van der Waals surface area (Å²) in [7, 11) is 1.22. The van der Waals surface area contributed by atoms with Crippen molar-refractivity contribution in [2.45, 2.75) is 19.4 Å². The van der Waals surface area contributed by atoms with Crippen molar-refractivity contribution in [1.29, 1.82) is 0 Å². The topological polar surface area (TPSA) is 84.0 Å². The standard InChI is InChI=1S/C21H22F2N4O4/c1-12-10-26(3-4-27(12)14-6-15(22)21(30-2)16(23)7-14)11-19(28)25-13-5-18-17(24-9-13)8-20(29)31-18/h5-7,9,12H,3-4,8,10-11H2,1-2H3,(H,25,28)/t12-/m1/s1. The number of esters is 1. The summed E-state index contributed by atoms with van der Waals surface area (Å²) in [6, 6.07) is 4.04. The minimum absolute atomic E-state index is 0.0604. The van der Waals surface area contributed by atoms with Crippen molar-refractivity contribution in [3.8, 4) is 11.5 Å². The van der Waals surface area contributed by atoms with Crippen molar-refractivity contribution in [3.05, 3.63) is 41.7 Å². The third-order valence-electron chi connectivity index (χ3n) is 5.35. The second-order valence-electron chi connectivity index (χ2n) is 7.59. The molecule has 2 aliphatic heterocycles. The lowest BCUT2D eigenvalue weighted by atomic mass is 10.1. The molecule has 0 unspecified atom stereocenters. The zero-order chi connectivity index (χ0) is 22.1. The van der Waals surface area contributed by atoms with Gasteiger partial charge in [0.1, 0.15) is 0 Å². The maximum absolute atomic E-state index is 14.1. The molecule has 164 valence electrons. The van der Waals surface area contributed by atoms with E-state index in [-0.39, 0.29) is 30.9 Å². The minimum atomic E-state index is -0.750. The molecule has 2 aliphatic rings. The number of nitrogens with one attached hydrogen (secondary N) is 1. The minimum Gasteiger partial charge on any atom is -0.491 e. The molecular weight excluding hydrogens is 410 g/mol. The first-order valence-corrected chi connectivity index (χ1v) is 9.85. The number of anilines is 2. The third-order valence-corrected chi connectivity index (χ3v) is 5.35. The molecule has 1 amide bonds. The van der Waals surface area contributed by atoms with E-state index in [9.17, 15) is 18.4 Å². The van der Waals surface area contributed by atoms with E-state index >= 15 is 0 Å². The molecule has 10 heteroatoms. The highest BCUT2D eigenvalue weighted by Crippen LogP contribution is 2.30. The van der Waals surface area contributed by atoms with Gasteiger partial charge in [0.2, 0.25) is 5.91 Å². The van der Waals surface area contributed by atoms with Gasteiger partial charge in [-0.15, -0.1) is 0 Å². The lowest BCUT2D eigenvalue weighted by Crippen LogP contribution is -2.53. The molecule has 0 spiro atoms. The van der Waals surface area contributed by atoms with Crippen LogP contribution in [0.4, 0.5) is 20.2 Å². The second kappa shape index (κ2) is 8.46. The fourth-order valence-corrected chi connectivity index (χ4v) is 3.93. The van der Waals surface area contributed by atoms with Gasteiger partial charge in [0.25, 0.3) is 0 Å². The van der Waals surface area contributed by atoms with E-state index in [1.807, 2.05) is 16.7 Å². The predicted molar refractivity (Wildman–Crippen MR) is 108 cm³/mol. The van der Waals surface area contributed by atoms with Gasteiger partial charge in [-0.2, -0.15) is 0 Å². The monoisotopic (exact) mass is 432 g/mol. The number of hydrogen-bond acceptors (Lipinski definition) is 7. The van der Waals surface area contributed by atoms with Gasteiger partial charge in [-0.3, -0.25) is 19.5 Å². The Balaban J connectivity index is 1.35. The maximum Gasteiger partial charge on any atom is 0.317 e. The summed E-state index contributed by atoms with van der Waals surface area (Å²) in [5, 5.41) is 2.76. The van der Waals surface area contributed by atoms with Crippen molar-refractivity contribution >= 4 is 23.3 Å². The number of aromatic nitrogens is 1. The molecule has 1 aromatic carbocycles. The number of piperazine rings is 1. The number of nitrogens with zero attached hydrogens (tertiary/aromatic N) is 3. The molecule has 1 fully saturated rings. The lowest BCUT2D eigenvalue weighted by Gasteiger charge is -2.41. The number of amides is 1. The van der Waals surface area contributed by atoms with E-state index in [0.717, 1.165) is 0 Å². The van der Waals surface area contributed by atoms with Gasteiger partial charge in [-0.05, 0) is 6.92 Å². The molecular formula is C21H22F2N4O4. The third kappa shape index (κ3) is 4.43. The lowest BCUT2D eigenvalue weighted by molar-refractivity contribution is -0.131. The number of fused-ring (bicyclic) bond motifs is 1. The van der Waals surface area contributed by atoms with Crippen LogP contribution < -0.4 is 19.7 Å². The van der Waals surface area contributed by atoms with Crippen LogP contribution in [0.15, 0.2) is 24.4 Å². The van der Waals surface area contributed by atoms with Crippen molar-refractivity contribution in [3.63, 3.8) is 0 Å². The normalized spacial score (nSPS) is 18.5. The predicted octanol–water partition coefficient (Wildman–Crippen LogP) is 1.98. The Labute approximate surface area is 177 Å². The number of halogens is 2. The smallest absolute Gasteiger partial charge is 0.317 e. The van der Waals surface area contributed by atoms with E-state index in [1.54, 1.807) is 6.07 Å². The highest BCUT2D eigenvalue weighted by atomic mass is 19.1. The average Bonchev–Trinajstić information content (AvgIpc) is 3.07. The Morgan fingerprint density at radius 2 is 2.03 bits per heavy atom. The Morgan fingerprint density at radius 3 is 2.71 bits per heavy atom. The Bertz CT molecular complexity index is 1010. The van der Waals surface area contributed by atoms with Gasteiger partial charge in [0, 0.05) is 49.6 Å². The molecule has 31 heavy (non-hydrogen) atoms. The number of rotatable bonds is 5. The molecule has 3 heterocycles. The van der Waals surface area contributed by atoms with E-state index in [2.05, 4.69) is 10.3 Å². The molecule has 0 saturated carbocycles. The molecule has 0 bridgehead atoms. The van der Waals surface area contributed by atoms with Crippen molar-refractivity contribution in [2.75, 3.05) is 43.5 Å². The molecule has 1 atom stereocenters. The van der Waals surface area contributed by atoms with E-state index in [1.165, 1.54) is 25.4 Å². The largest absolute Gasteiger partial charge is 0.491 e. The zero-order valence-electron chi connectivity index (χ0n) is 17.2. The van der Waals surface area contributed by atoms with Gasteiger partial charge in [0.05, 0.1) is 37.7 Å². The number of ether oxygens (including phenoxy) is 2. The summed E-state index contributed by atoms with van der Waals surface area (Å²) in [5.41, 5.74) is 1.44. The van der Waals surface area contributed by atoms with Crippen molar-refractivity contribution in [2.24, 2.45) is 0 Å². The molecule has 1 saturated heterocycles. The van der Waals surface area contributed by atoms with E-state index in [4.69, 9.17) is 9.47 Å². The molecule has 0 radical (unpaired) electrons. The first-order valence-electron chi connectivity index (χ1n) is 9.85. The van der Waals surface area contributed by atoms with Gasteiger partial charge in [0.15, 0.2) is 23.1 Å². The summed E-state index contributed by atoms with van der Waals surface area (Å²) in [5.74, 6) is -2.13. The first kappa shape index (κ1) is 21.0. The number of hydrogen-bond donors (Lipinski definition) is 1. The SMILES string of the molecule is COc1c(F)cc(N2CCN(CC(=O)Nc3cnc4c(c3)OC(=O)C4)C[C@H]2C)cc1F. The van der Waals surface area contributed by atoms with Crippen LogP contribution in [0.5, 0.6) is 11.5 Å². The molecule has 0 aliphatic carbocycles. The van der Waals surface area contributed by atoms with Crippen LogP contribution in [-0.4, -0.2) is 61.1 Å². The Hall–Kier alpha value is -3.27. The van der Waals surface area contributed by atoms with Crippen molar-refractivity contribution < 1.29 is 27.8 Å². The summed E-state index contributed by atoms with van der Waals surface area (Å²) >= 11 is 0. The fourth-order valence-electron chi connectivity index (χ4n) is 3.93.